The third-order valence-corrected chi connectivity index (χ3v) is 2.45. The quantitative estimate of drug-likeness (QED) is 0.771. The molecule has 1 N–H and O–H groups in total. The molecule has 0 spiro atoms. The Morgan fingerprint density at radius 2 is 2.07 bits per heavy atom. The van der Waals surface area contributed by atoms with Gasteiger partial charge in [0.2, 0.25) is 0 Å². The van der Waals surface area contributed by atoms with Crippen molar-refractivity contribution in [3.05, 3.63) is 29.8 Å². The van der Waals surface area contributed by atoms with Crippen LogP contribution in [0.25, 0.3) is 0 Å². The Hall–Kier alpha value is -1.06. The number of para-hydroxylation sites is 1. The number of aliphatic hydroxyl groups excluding tert-OH is 1. The molecule has 0 saturated carbocycles. The maximum absolute atomic E-state index is 8.90. The van der Waals surface area contributed by atoms with Crippen LogP contribution in [0.2, 0.25) is 0 Å². The second-order valence-electron chi connectivity index (χ2n) is 3.40. The van der Waals surface area contributed by atoms with Gasteiger partial charge in [-0.3, -0.25) is 4.90 Å². The summed E-state index contributed by atoms with van der Waals surface area (Å²) < 4.78 is 5.28. The topological polar surface area (TPSA) is 32.7 Å². The van der Waals surface area contributed by atoms with Gasteiger partial charge in [-0.25, -0.2) is 0 Å². The number of rotatable bonds is 6. The SMILES string of the molecule is CCN(CCO)Cc1ccccc1OC. The molecule has 0 aliphatic rings. The standard InChI is InChI=1S/C12H19NO2/c1-3-13(8-9-14)10-11-6-4-5-7-12(11)15-2/h4-7,14H,3,8-10H2,1-2H3. The van der Waals surface area contributed by atoms with Gasteiger partial charge in [0, 0.05) is 18.7 Å². The van der Waals surface area contributed by atoms with Gasteiger partial charge in [0.25, 0.3) is 0 Å². The van der Waals surface area contributed by atoms with E-state index in [4.69, 9.17) is 9.84 Å². The van der Waals surface area contributed by atoms with Crippen molar-refractivity contribution in [2.75, 3.05) is 26.8 Å². The summed E-state index contributed by atoms with van der Waals surface area (Å²) in [4.78, 5) is 2.18. The van der Waals surface area contributed by atoms with E-state index < -0.39 is 0 Å². The van der Waals surface area contributed by atoms with E-state index in [-0.39, 0.29) is 6.61 Å². The van der Waals surface area contributed by atoms with Crippen LogP contribution in [0.1, 0.15) is 12.5 Å². The Kier molecular flexibility index (Phi) is 5.15. The predicted molar refractivity (Wildman–Crippen MR) is 61.0 cm³/mol. The molecule has 0 bridgehead atoms. The number of hydrogen-bond acceptors (Lipinski definition) is 3. The van der Waals surface area contributed by atoms with Crippen molar-refractivity contribution >= 4 is 0 Å². The first-order chi connectivity index (χ1) is 7.31. The lowest BCUT2D eigenvalue weighted by molar-refractivity contribution is 0.195. The Balaban J connectivity index is 2.69. The molecule has 84 valence electrons. The van der Waals surface area contributed by atoms with Gasteiger partial charge in [0.1, 0.15) is 5.75 Å². The predicted octanol–water partition coefficient (Wildman–Crippen LogP) is 1.51. The largest absolute Gasteiger partial charge is 0.496 e. The van der Waals surface area contributed by atoms with Crippen LogP contribution in [0.5, 0.6) is 5.75 Å². The zero-order chi connectivity index (χ0) is 11.1. The molecule has 0 aromatic heterocycles. The summed E-state index contributed by atoms with van der Waals surface area (Å²) in [5, 5.41) is 8.90. The molecule has 0 unspecified atom stereocenters. The van der Waals surface area contributed by atoms with Crippen molar-refractivity contribution in [2.24, 2.45) is 0 Å². The molecule has 0 aliphatic carbocycles. The molecule has 15 heavy (non-hydrogen) atoms. The summed E-state index contributed by atoms with van der Waals surface area (Å²) in [5.41, 5.74) is 1.16. The number of methoxy groups -OCH3 is 1. The van der Waals surface area contributed by atoms with E-state index in [0.717, 1.165) is 24.4 Å². The molecule has 1 aromatic rings. The fourth-order valence-corrected chi connectivity index (χ4v) is 1.56. The average Bonchev–Trinajstić information content (AvgIpc) is 2.29. The summed E-state index contributed by atoms with van der Waals surface area (Å²) in [6, 6.07) is 7.98. The first-order valence-electron chi connectivity index (χ1n) is 5.27. The molecular formula is C12H19NO2. The maximum Gasteiger partial charge on any atom is 0.123 e. The Morgan fingerprint density at radius 3 is 2.67 bits per heavy atom. The molecule has 0 radical (unpaired) electrons. The van der Waals surface area contributed by atoms with Crippen molar-refractivity contribution in [3.63, 3.8) is 0 Å². The van der Waals surface area contributed by atoms with Crippen LogP contribution in [-0.4, -0.2) is 36.8 Å². The van der Waals surface area contributed by atoms with Gasteiger partial charge < -0.3 is 9.84 Å². The first kappa shape index (κ1) is 12.0. The van der Waals surface area contributed by atoms with Crippen LogP contribution in [0.15, 0.2) is 24.3 Å². The van der Waals surface area contributed by atoms with Crippen molar-refractivity contribution < 1.29 is 9.84 Å². The van der Waals surface area contributed by atoms with Crippen molar-refractivity contribution in [2.45, 2.75) is 13.5 Å². The third-order valence-electron chi connectivity index (χ3n) is 2.45. The lowest BCUT2D eigenvalue weighted by Crippen LogP contribution is -2.26. The van der Waals surface area contributed by atoms with Gasteiger partial charge in [-0.05, 0) is 12.6 Å². The Bertz CT molecular complexity index is 289. The number of benzene rings is 1. The van der Waals surface area contributed by atoms with Gasteiger partial charge >= 0.3 is 0 Å². The molecule has 1 rings (SSSR count). The molecule has 3 heteroatoms. The molecule has 0 fully saturated rings. The number of nitrogens with zero attached hydrogens (tertiary/aromatic N) is 1. The minimum absolute atomic E-state index is 0.197. The smallest absolute Gasteiger partial charge is 0.123 e. The van der Waals surface area contributed by atoms with Crippen LogP contribution in [-0.2, 0) is 6.54 Å². The molecule has 1 aromatic carbocycles. The minimum atomic E-state index is 0.197. The zero-order valence-electron chi connectivity index (χ0n) is 9.44. The molecule has 3 nitrogen and oxygen atoms in total. The highest BCUT2D eigenvalue weighted by atomic mass is 16.5. The minimum Gasteiger partial charge on any atom is -0.496 e. The highest BCUT2D eigenvalue weighted by Gasteiger charge is 2.06. The lowest BCUT2D eigenvalue weighted by Gasteiger charge is -2.20. The summed E-state index contributed by atoms with van der Waals surface area (Å²) >= 11 is 0. The van der Waals surface area contributed by atoms with Crippen molar-refractivity contribution in [3.8, 4) is 5.75 Å². The molecule has 0 saturated heterocycles. The number of ether oxygens (including phenoxy) is 1. The normalized spacial score (nSPS) is 10.7. The van der Waals surface area contributed by atoms with E-state index in [1.807, 2.05) is 18.2 Å². The molecule has 0 amide bonds. The first-order valence-corrected chi connectivity index (χ1v) is 5.27. The summed E-state index contributed by atoms with van der Waals surface area (Å²) in [6.45, 7) is 4.74. The number of aliphatic hydroxyl groups is 1. The van der Waals surface area contributed by atoms with E-state index in [0.29, 0.717) is 6.54 Å². The second kappa shape index (κ2) is 6.43. The van der Waals surface area contributed by atoms with E-state index in [1.54, 1.807) is 7.11 Å². The lowest BCUT2D eigenvalue weighted by atomic mass is 10.2. The van der Waals surface area contributed by atoms with Crippen LogP contribution < -0.4 is 4.74 Å². The molecule has 0 atom stereocenters. The maximum atomic E-state index is 8.90. The Morgan fingerprint density at radius 1 is 1.33 bits per heavy atom. The highest BCUT2D eigenvalue weighted by molar-refractivity contribution is 5.33. The van der Waals surface area contributed by atoms with E-state index >= 15 is 0 Å². The molecular weight excluding hydrogens is 190 g/mol. The monoisotopic (exact) mass is 209 g/mol. The zero-order valence-corrected chi connectivity index (χ0v) is 9.44. The fourth-order valence-electron chi connectivity index (χ4n) is 1.56. The van der Waals surface area contributed by atoms with E-state index in [2.05, 4.69) is 17.9 Å². The van der Waals surface area contributed by atoms with E-state index in [9.17, 15) is 0 Å². The van der Waals surface area contributed by atoms with Crippen LogP contribution in [0.3, 0.4) is 0 Å². The summed E-state index contributed by atoms with van der Waals surface area (Å²) in [5.74, 6) is 0.911. The van der Waals surface area contributed by atoms with Gasteiger partial charge in [-0.15, -0.1) is 0 Å². The second-order valence-corrected chi connectivity index (χ2v) is 3.40. The summed E-state index contributed by atoms with van der Waals surface area (Å²) in [6.07, 6.45) is 0. The van der Waals surface area contributed by atoms with Gasteiger partial charge in [0.05, 0.1) is 13.7 Å². The Labute approximate surface area is 91.3 Å². The van der Waals surface area contributed by atoms with Crippen LogP contribution in [0, 0.1) is 0 Å². The van der Waals surface area contributed by atoms with Crippen molar-refractivity contribution in [1.29, 1.82) is 0 Å². The average molecular weight is 209 g/mol. The highest BCUT2D eigenvalue weighted by Crippen LogP contribution is 2.18. The molecule has 0 aliphatic heterocycles. The number of hydrogen-bond donors (Lipinski definition) is 1. The van der Waals surface area contributed by atoms with Crippen LogP contribution in [0.4, 0.5) is 0 Å². The third kappa shape index (κ3) is 3.53. The van der Waals surface area contributed by atoms with Gasteiger partial charge in [0.15, 0.2) is 0 Å². The van der Waals surface area contributed by atoms with Crippen LogP contribution >= 0.6 is 0 Å². The van der Waals surface area contributed by atoms with E-state index in [1.165, 1.54) is 0 Å². The van der Waals surface area contributed by atoms with Gasteiger partial charge in [-0.2, -0.15) is 0 Å². The van der Waals surface area contributed by atoms with Gasteiger partial charge in [-0.1, -0.05) is 25.1 Å². The summed E-state index contributed by atoms with van der Waals surface area (Å²) in [7, 11) is 1.68. The van der Waals surface area contributed by atoms with Crippen molar-refractivity contribution in [1.82, 2.24) is 4.90 Å². The fraction of sp³-hybridized carbons (Fsp3) is 0.500. The number of likely N-dealkylation sites (N-methyl/N-ethyl adjacent to an activating group) is 1. The molecule has 0 heterocycles.